The number of amides is 1. The van der Waals surface area contributed by atoms with Crippen LogP contribution in [0.1, 0.15) is 34.2 Å². The van der Waals surface area contributed by atoms with Crippen LogP contribution in [0.15, 0.2) is 60.9 Å². The minimum atomic E-state index is -0.175. The van der Waals surface area contributed by atoms with Crippen molar-refractivity contribution >= 4 is 24.0 Å². The summed E-state index contributed by atoms with van der Waals surface area (Å²) >= 11 is 0. The van der Waals surface area contributed by atoms with Gasteiger partial charge in [0.1, 0.15) is 12.3 Å². The normalized spacial score (nSPS) is 10.5. The molecule has 1 aromatic carbocycles. The topological polar surface area (TPSA) is 68.5 Å². The van der Waals surface area contributed by atoms with Crippen LogP contribution in [0.5, 0.6) is 5.75 Å². The molecule has 0 unspecified atom stereocenters. The lowest BCUT2D eigenvalue weighted by Crippen LogP contribution is -2.23. The van der Waals surface area contributed by atoms with Crippen molar-refractivity contribution in [3.8, 4) is 17.0 Å². The van der Waals surface area contributed by atoms with Gasteiger partial charge < -0.3 is 10.1 Å². The molecular weight excluding hydrogens is 412 g/mol. The van der Waals surface area contributed by atoms with E-state index in [-0.39, 0.29) is 18.3 Å². The summed E-state index contributed by atoms with van der Waals surface area (Å²) in [6, 6.07) is 15.8. The number of carbonyl (C=O) groups excluding carboxylic acids is 1. The molecule has 3 aromatic heterocycles. The summed E-state index contributed by atoms with van der Waals surface area (Å²) in [7, 11) is 0. The fourth-order valence-corrected chi connectivity index (χ4v) is 3.38. The number of carbonyl (C=O) groups is 1. The number of aromatic nitrogens is 3. The molecule has 31 heavy (non-hydrogen) atoms. The Labute approximate surface area is 187 Å². The molecule has 0 aliphatic rings. The molecule has 0 aliphatic carbocycles. The quantitative estimate of drug-likeness (QED) is 0.473. The van der Waals surface area contributed by atoms with Gasteiger partial charge in [0.05, 0.1) is 11.4 Å². The molecule has 0 bridgehead atoms. The Hall–Kier alpha value is -3.38. The fourth-order valence-electron chi connectivity index (χ4n) is 3.38. The number of imidazole rings is 1. The van der Waals surface area contributed by atoms with Crippen LogP contribution in [-0.4, -0.2) is 26.8 Å². The first-order valence-corrected chi connectivity index (χ1v) is 9.97. The minimum Gasteiger partial charge on any atom is -0.485 e. The largest absolute Gasteiger partial charge is 0.485 e. The van der Waals surface area contributed by atoms with E-state index in [4.69, 9.17) is 9.72 Å². The second kappa shape index (κ2) is 9.62. The molecule has 0 saturated carbocycles. The number of fused-ring (bicyclic) bond motifs is 1. The fraction of sp³-hybridized carbons (Fsp3) is 0.208. The predicted molar refractivity (Wildman–Crippen MR) is 124 cm³/mol. The number of halogens is 1. The molecule has 0 atom stereocenters. The summed E-state index contributed by atoms with van der Waals surface area (Å²) in [4.78, 5) is 21.0. The number of hydrogen-bond donors (Lipinski definition) is 1. The lowest BCUT2D eigenvalue weighted by molar-refractivity contribution is 0.0951. The van der Waals surface area contributed by atoms with Crippen LogP contribution in [0.4, 0.5) is 0 Å². The third kappa shape index (κ3) is 4.70. The number of nitrogens with one attached hydrogen (secondary N) is 1. The van der Waals surface area contributed by atoms with Gasteiger partial charge in [-0.1, -0.05) is 29.8 Å². The lowest BCUT2D eigenvalue weighted by atomic mass is 10.1. The Balaban J connectivity index is 0.00000272. The lowest BCUT2D eigenvalue weighted by Gasteiger charge is -2.09. The second-order valence-electron chi connectivity index (χ2n) is 7.18. The molecule has 0 saturated heterocycles. The van der Waals surface area contributed by atoms with E-state index in [0.29, 0.717) is 18.8 Å². The Kier molecular flexibility index (Phi) is 6.92. The zero-order valence-electron chi connectivity index (χ0n) is 17.8. The Morgan fingerprint density at radius 1 is 1.10 bits per heavy atom. The standard InChI is InChI=1S/C24H24N4O2.ClH/c1-4-25-24(29)20-12-11-19(14-26-20)22-17(3)27-23-21(6-5-13-28(22)23)30-15-18-9-7-16(2)8-10-18;/h5-14H,4,15H2,1-3H3,(H,25,29);1H. The summed E-state index contributed by atoms with van der Waals surface area (Å²) in [6.45, 7) is 6.96. The van der Waals surface area contributed by atoms with Crippen LogP contribution in [0.2, 0.25) is 0 Å². The SMILES string of the molecule is CCNC(=O)c1ccc(-c2c(C)nc3c(OCc4ccc(C)cc4)cccn23)cn1.Cl. The van der Waals surface area contributed by atoms with Gasteiger partial charge in [0.15, 0.2) is 11.4 Å². The van der Waals surface area contributed by atoms with Crippen molar-refractivity contribution in [2.75, 3.05) is 6.54 Å². The van der Waals surface area contributed by atoms with Crippen molar-refractivity contribution in [3.05, 3.63) is 83.4 Å². The minimum absolute atomic E-state index is 0. The van der Waals surface area contributed by atoms with Gasteiger partial charge in [0, 0.05) is 24.5 Å². The van der Waals surface area contributed by atoms with Crippen molar-refractivity contribution in [3.63, 3.8) is 0 Å². The van der Waals surface area contributed by atoms with E-state index in [2.05, 4.69) is 41.5 Å². The molecule has 0 fully saturated rings. The maximum Gasteiger partial charge on any atom is 0.269 e. The molecule has 1 amide bonds. The molecule has 160 valence electrons. The second-order valence-corrected chi connectivity index (χ2v) is 7.18. The number of benzene rings is 1. The highest BCUT2D eigenvalue weighted by atomic mass is 35.5. The van der Waals surface area contributed by atoms with E-state index in [1.807, 2.05) is 42.6 Å². The Bertz CT molecular complexity index is 1180. The average molecular weight is 437 g/mol. The maximum absolute atomic E-state index is 12.0. The van der Waals surface area contributed by atoms with Gasteiger partial charge in [-0.3, -0.25) is 14.2 Å². The average Bonchev–Trinajstić information content (AvgIpc) is 3.10. The zero-order valence-corrected chi connectivity index (χ0v) is 18.6. The summed E-state index contributed by atoms with van der Waals surface area (Å²) < 4.78 is 8.08. The highest BCUT2D eigenvalue weighted by Gasteiger charge is 2.15. The molecule has 0 spiro atoms. The third-order valence-electron chi connectivity index (χ3n) is 4.91. The van der Waals surface area contributed by atoms with E-state index in [9.17, 15) is 4.79 Å². The van der Waals surface area contributed by atoms with Gasteiger partial charge in [-0.05, 0) is 50.6 Å². The number of hydrogen-bond acceptors (Lipinski definition) is 4. The van der Waals surface area contributed by atoms with Crippen molar-refractivity contribution in [1.82, 2.24) is 19.7 Å². The Morgan fingerprint density at radius 2 is 1.87 bits per heavy atom. The Morgan fingerprint density at radius 3 is 2.55 bits per heavy atom. The van der Waals surface area contributed by atoms with Crippen LogP contribution < -0.4 is 10.1 Å². The first-order valence-electron chi connectivity index (χ1n) is 9.97. The zero-order chi connectivity index (χ0) is 21.1. The highest BCUT2D eigenvalue weighted by Crippen LogP contribution is 2.29. The number of rotatable bonds is 6. The van der Waals surface area contributed by atoms with Crippen molar-refractivity contribution in [2.24, 2.45) is 0 Å². The molecule has 3 heterocycles. The maximum atomic E-state index is 12.0. The van der Waals surface area contributed by atoms with Crippen molar-refractivity contribution < 1.29 is 9.53 Å². The van der Waals surface area contributed by atoms with Gasteiger partial charge in [-0.2, -0.15) is 0 Å². The van der Waals surface area contributed by atoms with Gasteiger partial charge in [-0.25, -0.2) is 4.98 Å². The number of aryl methyl sites for hydroxylation is 2. The summed E-state index contributed by atoms with van der Waals surface area (Å²) in [5, 5.41) is 2.76. The van der Waals surface area contributed by atoms with Crippen LogP contribution in [0.3, 0.4) is 0 Å². The van der Waals surface area contributed by atoms with E-state index in [1.165, 1.54) is 5.56 Å². The molecular formula is C24H25ClN4O2. The summed E-state index contributed by atoms with van der Waals surface area (Å²) in [6.07, 6.45) is 3.67. The molecule has 4 aromatic rings. The number of nitrogens with zero attached hydrogens (tertiary/aromatic N) is 3. The molecule has 6 nitrogen and oxygen atoms in total. The van der Waals surface area contributed by atoms with Gasteiger partial charge in [0.2, 0.25) is 0 Å². The molecule has 7 heteroatoms. The first kappa shape index (κ1) is 22.3. The monoisotopic (exact) mass is 436 g/mol. The highest BCUT2D eigenvalue weighted by molar-refractivity contribution is 5.92. The third-order valence-corrected chi connectivity index (χ3v) is 4.91. The predicted octanol–water partition coefficient (Wildman–Crippen LogP) is 4.76. The van der Waals surface area contributed by atoms with E-state index in [0.717, 1.165) is 33.9 Å². The smallest absolute Gasteiger partial charge is 0.269 e. The van der Waals surface area contributed by atoms with Gasteiger partial charge >= 0.3 is 0 Å². The van der Waals surface area contributed by atoms with Gasteiger partial charge in [-0.15, -0.1) is 12.4 Å². The summed E-state index contributed by atoms with van der Waals surface area (Å²) in [5.74, 6) is 0.546. The summed E-state index contributed by atoms with van der Waals surface area (Å²) in [5.41, 5.74) is 6.18. The van der Waals surface area contributed by atoms with Crippen molar-refractivity contribution in [1.29, 1.82) is 0 Å². The van der Waals surface area contributed by atoms with Gasteiger partial charge in [0.25, 0.3) is 5.91 Å². The number of ether oxygens (including phenoxy) is 1. The van der Waals surface area contributed by atoms with Crippen molar-refractivity contribution in [2.45, 2.75) is 27.4 Å². The number of pyridine rings is 2. The molecule has 0 aliphatic heterocycles. The van der Waals surface area contributed by atoms with Crippen LogP contribution in [-0.2, 0) is 6.61 Å². The van der Waals surface area contributed by atoms with Crippen LogP contribution in [0, 0.1) is 13.8 Å². The van der Waals surface area contributed by atoms with Crippen LogP contribution >= 0.6 is 12.4 Å². The first-order chi connectivity index (χ1) is 14.6. The molecule has 0 radical (unpaired) electrons. The van der Waals surface area contributed by atoms with E-state index < -0.39 is 0 Å². The van der Waals surface area contributed by atoms with E-state index in [1.54, 1.807) is 12.3 Å². The van der Waals surface area contributed by atoms with E-state index >= 15 is 0 Å². The molecule has 4 rings (SSSR count). The van der Waals surface area contributed by atoms with Crippen LogP contribution in [0.25, 0.3) is 16.9 Å². The molecule has 1 N–H and O–H groups in total.